The van der Waals surface area contributed by atoms with Crippen molar-refractivity contribution in [2.45, 2.75) is 19.4 Å². The van der Waals surface area contributed by atoms with Gasteiger partial charge in [-0.25, -0.2) is 4.79 Å². The van der Waals surface area contributed by atoms with Crippen molar-refractivity contribution in [3.8, 4) is 0 Å². The molecule has 0 N–H and O–H groups in total. The molecule has 124 valence electrons. The quantitative estimate of drug-likeness (QED) is 0.758. The predicted octanol–water partition coefficient (Wildman–Crippen LogP) is 2.76. The molecule has 24 heavy (non-hydrogen) atoms. The number of carbonyl (C=O) groups is 2. The second kappa shape index (κ2) is 7.13. The first-order valence-electron chi connectivity index (χ1n) is 7.64. The van der Waals surface area contributed by atoms with E-state index in [9.17, 15) is 9.59 Å². The Hall–Kier alpha value is -2.21. The average molecular weight is 389 g/mol. The van der Waals surface area contributed by atoms with Gasteiger partial charge in [0.25, 0.3) is 0 Å². The summed E-state index contributed by atoms with van der Waals surface area (Å²) < 4.78 is 5.76. The molecule has 1 aromatic heterocycles. The molecule has 0 aliphatic carbocycles. The standard InChI is InChI=1S/C18H17BrN2O3/c1-24-18(23)16-10-20-9-13-11-21(6-5-15(13)16)17(22)8-12-3-2-4-14(19)7-12/h2-4,7,9-10H,5-6,8,11H2,1H3. The zero-order chi connectivity index (χ0) is 17.1. The molecule has 0 saturated carbocycles. The second-order valence-electron chi connectivity index (χ2n) is 5.69. The van der Waals surface area contributed by atoms with Crippen molar-refractivity contribution in [1.82, 2.24) is 9.88 Å². The number of esters is 1. The fraction of sp³-hybridized carbons (Fsp3) is 0.278. The lowest BCUT2D eigenvalue weighted by atomic mass is 9.96. The van der Waals surface area contributed by atoms with Crippen molar-refractivity contribution in [3.63, 3.8) is 0 Å². The van der Waals surface area contributed by atoms with E-state index in [2.05, 4.69) is 20.9 Å². The van der Waals surface area contributed by atoms with Crippen LogP contribution >= 0.6 is 15.9 Å². The van der Waals surface area contributed by atoms with Crippen LogP contribution in [0.1, 0.15) is 27.0 Å². The van der Waals surface area contributed by atoms with Gasteiger partial charge in [-0.15, -0.1) is 0 Å². The van der Waals surface area contributed by atoms with Crippen LogP contribution in [0.2, 0.25) is 0 Å². The molecule has 1 aliphatic rings. The van der Waals surface area contributed by atoms with Crippen molar-refractivity contribution in [1.29, 1.82) is 0 Å². The minimum Gasteiger partial charge on any atom is -0.465 e. The Balaban J connectivity index is 1.75. The van der Waals surface area contributed by atoms with E-state index in [1.807, 2.05) is 29.2 Å². The van der Waals surface area contributed by atoms with E-state index in [1.165, 1.54) is 13.3 Å². The molecule has 0 spiro atoms. The molecular weight excluding hydrogens is 372 g/mol. The normalized spacial score (nSPS) is 13.3. The molecule has 0 saturated heterocycles. The summed E-state index contributed by atoms with van der Waals surface area (Å²) >= 11 is 3.42. The first-order valence-corrected chi connectivity index (χ1v) is 8.44. The third-order valence-electron chi connectivity index (χ3n) is 4.14. The first kappa shape index (κ1) is 16.6. The Bertz CT molecular complexity index is 792. The van der Waals surface area contributed by atoms with E-state index in [-0.39, 0.29) is 11.9 Å². The SMILES string of the molecule is COC(=O)c1cncc2c1CCN(C(=O)Cc1cccc(Br)c1)C2. The molecule has 5 nitrogen and oxygen atoms in total. The number of methoxy groups -OCH3 is 1. The Morgan fingerprint density at radius 1 is 1.33 bits per heavy atom. The number of hydrogen-bond donors (Lipinski definition) is 0. The summed E-state index contributed by atoms with van der Waals surface area (Å²) in [5.41, 5.74) is 3.31. The summed E-state index contributed by atoms with van der Waals surface area (Å²) in [5, 5.41) is 0. The highest BCUT2D eigenvalue weighted by atomic mass is 79.9. The molecule has 0 radical (unpaired) electrons. The van der Waals surface area contributed by atoms with Gasteiger partial charge in [-0.1, -0.05) is 28.1 Å². The summed E-state index contributed by atoms with van der Waals surface area (Å²) in [6.07, 6.45) is 4.25. The zero-order valence-electron chi connectivity index (χ0n) is 13.3. The van der Waals surface area contributed by atoms with Crippen LogP contribution < -0.4 is 0 Å². The van der Waals surface area contributed by atoms with Crippen molar-refractivity contribution in [3.05, 3.63) is 63.4 Å². The fourth-order valence-electron chi connectivity index (χ4n) is 2.93. The van der Waals surface area contributed by atoms with Crippen LogP contribution in [0.15, 0.2) is 41.1 Å². The van der Waals surface area contributed by atoms with Gasteiger partial charge in [-0.05, 0) is 35.2 Å². The molecular formula is C18H17BrN2O3. The molecule has 3 rings (SSSR count). The van der Waals surface area contributed by atoms with E-state index >= 15 is 0 Å². The van der Waals surface area contributed by atoms with Gasteiger partial charge >= 0.3 is 5.97 Å². The molecule has 0 atom stereocenters. The monoisotopic (exact) mass is 388 g/mol. The molecule has 0 unspecified atom stereocenters. The number of aromatic nitrogens is 1. The number of carbonyl (C=O) groups excluding carboxylic acids is 2. The molecule has 0 fully saturated rings. The maximum Gasteiger partial charge on any atom is 0.339 e. The highest BCUT2D eigenvalue weighted by Crippen LogP contribution is 2.23. The van der Waals surface area contributed by atoms with Crippen molar-refractivity contribution >= 4 is 27.8 Å². The number of nitrogens with zero attached hydrogens (tertiary/aromatic N) is 2. The smallest absolute Gasteiger partial charge is 0.339 e. The van der Waals surface area contributed by atoms with Gasteiger partial charge in [-0.2, -0.15) is 0 Å². The number of fused-ring (bicyclic) bond motifs is 1. The predicted molar refractivity (Wildman–Crippen MR) is 92.5 cm³/mol. The van der Waals surface area contributed by atoms with E-state index in [1.54, 1.807) is 6.20 Å². The lowest BCUT2D eigenvalue weighted by Crippen LogP contribution is -2.37. The third kappa shape index (κ3) is 3.48. The summed E-state index contributed by atoms with van der Waals surface area (Å²) in [6, 6.07) is 7.75. The highest BCUT2D eigenvalue weighted by Gasteiger charge is 2.25. The van der Waals surface area contributed by atoms with Crippen LogP contribution in [0.25, 0.3) is 0 Å². The summed E-state index contributed by atoms with van der Waals surface area (Å²) in [7, 11) is 1.36. The number of ether oxygens (including phenoxy) is 1. The van der Waals surface area contributed by atoms with Crippen LogP contribution in [-0.2, 0) is 28.9 Å². The van der Waals surface area contributed by atoms with Crippen molar-refractivity contribution < 1.29 is 14.3 Å². The fourth-order valence-corrected chi connectivity index (χ4v) is 3.37. The molecule has 2 heterocycles. The molecule has 2 aromatic rings. The van der Waals surface area contributed by atoms with Crippen LogP contribution in [0, 0.1) is 0 Å². The number of rotatable bonds is 3. The average Bonchev–Trinajstić information content (AvgIpc) is 2.60. The topological polar surface area (TPSA) is 59.5 Å². The number of hydrogen-bond acceptors (Lipinski definition) is 4. The lowest BCUT2D eigenvalue weighted by molar-refractivity contribution is -0.131. The highest BCUT2D eigenvalue weighted by molar-refractivity contribution is 9.10. The number of benzene rings is 1. The largest absolute Gasteiger partial charge is 0.465 e. The van der Waals surface area contributed by atoms with E-state index in [0.717, 1.165) is 21.2 Å². The maximum atomic E-state index is 12.6. The Labute approximate surface area is 148 Å². The second-order valence-corrected chi connectivity index (χ2v) is 6.60. The van der Waals surface area contributed by atoms with Gasteiger partial charge in [0, 0.05) is 30.0 Å². The van der Waals surface area contributed by atoms with Gasteiger partial charge in [-0.3, -0.25) is 9.78 Å². The van der Waals surface area contributed by atoms with Gasteiger partial charge in [0.2, 0.25) is 5.91 Å². The van der Waals surface area contributed by atoms with Gasteiger partial charge in [0.15, 0.2) is 0 Å². The van der Waals surface area contributed by atoms with Crippen LogP contribution in [-0.4, -0.2) is 35.4 Å². The van der Waals surface area contributed by atoms with Crippen LogP contribution in [0.4, 0.5) is 0 Å². The first-order chi connectivity index (χ1) is 11.6. The Morgan fingerprint density at radius 2 is 2.17 bits per heavy atom. The molecule has 1 amide bonds. The van der Waals surface area contributed by atoms with Crippen molar-refractivity contribution in [2.75, 3.05) is 13.7 Å². The molecule has 1 aliphatic heterocycles. The minimum atomic E-state index is -0.381. The number of pyridine rings is 1. The maximum absolute atomic E-state index is 12.6. The Kier molecular flexibility index (Phi) is 4.94. The van der Waals surface area contributed by atoms with Crippen LogP contribution in [0.3, 0.4) is 0 Å². The summed E-state index contributed by atoms with van der Waals surface area (Å²) in [6.45, 7) is 1.06. The van der Waals surface area contributed by atoms with Gasteiger partial charge in [0.05, 0.1) is 19.1 Å². The van der Waals surface area contributed by atoms with E-state index < -0.39 is 0 Å². The minimum absolute atomic E-state index is 0.0715. The van der Waals surface area contributed by atoms with Crippen molar-refractivity contribution in [2.24, 2.45) is 0 Å². The summed E-state index contributed by atoms with van der Waals surface area (Å²) in [5.74, 6) is -0.310. The lowest BCUT2D eigenvalue weighted by Gasteiger charge is -2.29. The molecule has 0 bridgehead atoms. The van der Waals surface area contributed by atoms with Gasteiger partial charge in [0.1, 0.15) is 0 Å². The molecule has 6 heteroatoms. The third-order valence-corrected chi connectivity index (χ3v) is 4.64. The van der Waals surface area contributed by atoms with E-state index in [0.29, 0.717) is 31.5 Å². The van der Waals surface area contributed by atoms with Gasteiger partial charge < -0.3 is 9.64 Å². The number of halogens is 1. The van der Waals surface area contributed by atoms with E-state index in [4.69, 9.17) is 4.74 Å². The number of amides is 1. The Morgan fingerprint density at radius 3 is 2.92 bits per heavy atom. The molecule has 1 aromatic carbocycles. The summed E-state index contributed by atoms with van der Waals surface area (Å²) in [4.78, 5) is 30.3. The van der Waals surface area contributed by atoms with Crippen LogP contribution in [0.5, 0.6) is 0 Å². The zero-order valence-corrected chi connectivity index (χ0v) is 14.9.